The number of hydrogen-bond acceptors (Lipinski definition) is 10. The van der Waals surface area contributed by atoms with Gasteiger partial charge in [0.25, 0.3) is 15.7 Å². The van der Waals surface area contributed by atoms with Gasteiger partial charge in [-0.3, -0.25) is 14.9 Å². The topological polar surface area (TPSA) is 149 Å². The van der Waals surface area contributed by atoms with Gasteiger partial charge in [0.15, 0.2) is 11.5 Å². The van der Waals surface area contributed by atoms with E-state index in [4.69, 9.17) is 18.9 Å². The summed E-state index contributed by atoms with van der Waals surface area (Å²) in [6.45, 7) is 0. The van der Waals surface area contributed by atoms with Crippen molar-refractivity contribution in [1.82, 2.24) is 9.19 Å². The second-order valence-corrected chi connectivity index (χ2v) is 9.80. The maximum Gasteiger partial charge on any atom is 0.269 e. The Kier molecular flexibility index (Phi) is 7.21. The molecule has 198 valence electrons. The zero-order valence-electron chi connectivity index (χ0n) is 20.8. The van der Waals surface area contributed by atoms with Gasteiger partial charge in [0.2, 0.25) is 11.5 Å². The summed E-state index contributed by atoms with van der Waals surface area (Å²) >= 11 is 0. The zero-order chi connectivity index (χ0) is 27.6. The third-order valence-electron chi connectivity index (χ3n) is 5.76. The van der Waals surface area contributed by atoms with E-state index in [0.29, 0.717) is 11.3 Å². The van der Waals surface area contributed by atoms with Crippen LogP contribution in [0.2, 0.25) is 0 Å². The molecule has 4 rings (SSSR count). The van der Waals surface area contributed by atoms with Crippen molar-refractivity contribution < 1.29 is 37.1 Å². The number of hydrogen-bond donors (Lipinski definition) is 0. The van der Waals surface area contributed by atoms with Crippen LogP contribution in [0, 0.1) is 10.1 Å². The lowest BCUT2D eigenvalue weighted by atomic mass is 10.0. The summed E-state index contributed by atoms with van der Waals surface area (Å²) in [7, 11) is 1.50. The number of fused-ring (bicyclic) bond motifs is 1. The standard InChI is InChI=1S/C25H23N3O9S/c1-34-18-9-10-19-20(13-18)27(38(32,33)14-15-5-7-17(8-6-15)28(30)31)26-23(19)24(29)16-11-21(35-2)25(37-4)22(12-16)36-3/h5-13H,14H2,1-4H3. The second-order valence-electron chi connectivity index (χ2n) is 8.00. The van der Waals surface area contributed by atoms with Crippen molar-refractivity contribution in [2.45, 2.75) is 5.75 Å². The number of carbonyl (C=O) groups is 1. The summed E-state index contributed by atoms with van der Waals surface area (Å²) in [6, 6.07) is 12.6. The molecule has 0 aliphatic carbocycles. The number of ketones is 1. The van der Waals surface area contributed by atoms with Gasteiger partial charge in [-0.05, 0) is 29.8 Å². The summed E-state index contributed by atoms with van der Waals surface area (Å²) < 4.78 is 48.9. The molecule has 1 aromatic heterocycles. The van der Waals surface area contributed by atoms with E-state index >= 15 is 0 Å². The molecule has 13 heteroatoms. The lowest BCUT2D eigenvalue weighted by Crippen LogP contribution is -2.17. The Bertz CT molecular complexity index is 1620. The van der Waals surface area contributed by atoms with E-state index in [1.165, 1.54) is 70.9 Å². The minimum absolute atomic E-state index is 0.121. The highest BCUT2D eigenvalue weighted by Crippen LogP contribution is 2.39. The smallest absolute Gasteiger partial charge is 0.269 e. The van der Waals surface area contributed by atoms with E-state index in [9.17, 15) is 23.3 Å². The van der Waals surface area contributed by atoms with Crippen LogP contribution in [-0.4, -0.2) is 56.7 Å². The number of nitrogens with zero attached hydrogens (tertiary/aromatic N) is 3. The molecule has 0 unspecified atom stereocenters. The summed E-state index contributed by atoms with van der Waals surface area (Å²) in [4.78, 5) is 24.0. The lowest BCUT2D eigenvalue weighted by molar-refractivity contribution is -0.384. The van der Waals surface area contributed by atoms with Crippen LogP contribution in [0.4, 0.5) is 5.69 Å². The third kappa shape index (κ3) is 4.83. The Morgan fingerprint density at radius 3 is 2.08 bits per heavy atom. The highest BCUT2D eigenvalue weighted by Gasteiger charge is 2.27. The van der Waals surface area contributed by atoms with Crippen molar-refractivity contribution in [3.63, 3.8) is 0 Å². The van der Waals surface area contributed by atoms with Crippen LogP contribution < -0.4 is 18.9 Å². The molecule has 0 amide bonds. The number of ether oxygens (including phenoxy) is 4. The van der Waals surface area contributed by atoms with Crippen molar-refractivity contribution in [3.8, 4) is 23.0 Å². The molecule has 0 N–H and O–H groups in total. The van der Waals surface area contributed by atoms with Crippen LogP contribution in [-0.2, 0) is 15.8 Å². The first-order valence-corrected chi connectivity index (χ1v) is 12.6. The molecule has 0 aliphatic rings. The summed E-state index contributed by atoms with van der Waals surface area (Å²) in [6.07, 6.45) is 0. The van der Waals surface area contributed by atoms with Crippen LogP contribution in [0.25, 0.3) is 10.9 Å². The van der Waals surface area contributed by atoms with E-state index < -0.39 is 26.5 Å². The quantitative estimate of drug-likeness (QED) is 0.166. The third-order valence-corrected chi connectivity index (χ3v) is 7.26. The van der Waals surface area contributed by atoms with Crippen LogP contribution in [0.1, 0.15) is 21.6 Å². The van der Waals surface area contributed by atoms with Crippen LogP contribution >= 0.6 is 0 Å². The van der Waals surface area contributed by atoms with Crippen molar-refractivity contribution in [2.75, 3.05) is 28.4 Å². The van der Waals surface area contributed by atoms with Crippen LogP contribution in [0.3, 0.4) is 0 Å². The Morgan fingerprint density at radius 1 is 0.921 bits per heavy atom. The van der Waals surface area contributed by atoms with E-state index in [-0.39, 0.29) is 45.1 Å². The molecule has 12 nitrogen and oxygen atoms in total. The lowest BCUT2D eigenvalue weighted by Gasteiger charge is -2.13. The average molecular weight is 542 g/mol. The Hall–Kier alpha value is -4.65. The first-order chi connectivity index (χ1) is 18.1. The van der Waals surface area contributed by atoms with E-state index in [0.717, 1.165) is 4.09 Å². The summed E-state index contributed by atoms with van der Waals surface area (Å²) in [5.41, 5.74) is 0.277. The van der Waals surface area contributed by atoms with Gasteiger partial charge in [0.05, 0.1) is 44.6 Å². The van der Waals surface area contributed by atoms with E-state index in [1.807, 2.05) is 0 Å². The van der Waals surface area contributed by atoms with E-state index in [2.05, 4.69) is 5.10 Å². The fourth-order valence-corrected chi connectivity index (χ4v) is 5.30. The first-order valence-electron chi connectivity index (χ1n) is 11.0. The number of benzene rings is 3. The van der Waals surface area contributed by atoms with Crippen molar-refractivity contribution >= 4 is 32.4 Å². The second kappa shape index (κ2) is 10.4. The van der Waals surface area contributed by atoms with Gasteiger partial charge in [0.1, 0.15) is 11.4 Å². The highest BCUT2D eigenvalue weighted by atomic mass is 32.2. The zero-order valence-corrected chi connectivity index (χ0v) is 21.6. The van der Waals surface area contributed by atoms with Crippen molar-refractivity contribution in [1.29, 1.82) is 0 Å². The molecule has 4 aromatic rings. The van der Waals surface area contributed by atoms with Gasteiger partial charge in [-0.2, -0.15) is 9.19 Å². The molecule has 1 heterocycles. The number of nitro groups is 1. The Labute approximate surface area is 217 Å². The van der Waals surface area contributed by atoms with Crippen molar-refractivity contribution in [2.24, 2.45) is 0 Å². The molecule has 0 radical (unpaired) electrons. The maximum atomic E-state index is 13.6. The van der Waals surface area contributed by atoms with Crippen LogP contribution in [0.5, 0.6) is 23.0 Å². The number of aromatic nitrogens is 2. The average Bonchev–Trinajstić information content (AvgIpc) is 3.31. The number of nitro benzene ring substituents is 1. The SMILES string of the molecule is COc1ccc2c(C(=O)c3cc(OC)c(OC)c(OC)c3)nn(S(=O)(=O)Cc3ccc([N+](=O)[O-])cc3)c2c1. The number of methoxy groups -OCH3 is 4. The number of carbonyl (C=O) groups excluding carboxylic acids is 1. The predicted octanol–water partition coefficient (Wildman–Crippen LogP) is 3.59. The molecule has 0 fully saturated rings. The molecule has 0 bridgehead atoms. The monoisotopic (exact) mass is 541 g/mol. The minimum atomic E-state index is -4.17. The Morgan fingerprint density at radius 2 is 1.55 bits per heavy atom. The van der Waals surface area contributed by atoms with Gasteiger partial charge < -0.3 is 18.9 Å². The van der Waals surface area contributed by atoms with Gasteiger partial charge in [0, 0.05) is 29.1 Å². The molecule has 0 aliphatic heterocycles. The molecular formula is C25H23N3O9S. The molecule has 3 aromatic carbocycles. The van der Waals surface area contributed by atoms with Gasteiger partial charge >= 0.3 is 0 Å². The van der Waals surface area contributed by atoms with Crippen molar-refractivity contribution in [3.05, 3.63) is 81.5 Å². The predicted molar refractivity (Wildman–Crippen MR) is 137 cm³/mol. The molecule has 0 atom stereocenters. The van der Waals surface area contributed by atoms with Gasteiger partial charge in [-0.25, -0.2) is 8.42 Å². The molecule has 38 heavy (non-hydrogen) atoms. The fourth-order valence-electron chi connectivity index (χ4n) is 3.91. The highest BCUT2D eigenvalue weighted by molar-refractivity contribution is 7.89. The summed E-state index contributed by atoms with van der Waals surface area (Å²) in [5, 5.41) is 15.4. The normalized spacial score (nSPS) is 11.3. The minimum Gasteiger partial charge on any atom is -0.497 e. The Balaban J connectivity index is 1.84. The van der Waals surface area contributed by atoms with Gasteiger partial charge in [-0.15, -0.1) is 0 Å². The largest absolute Gasteiger partial charge is 0.497 e. The maximum absolute atomic E-state index is 13.6. The number of non-ortho nitro benzene ring substituents is 1. The molecule has 0 spiro atoms. The molecular weight excluding hydrogens is 518 g/mol. The molecule has 0 saturated heterocycles. The van der Waals surface area contributed by atoms with Gasteiger partial charge in [-0.1, -0.05) is 12.1 Å². The van der Waals surface area contributed by atoms with Crippen LogP contribution in [0.15, 0.2) is 54.6 Å². The fraction of sp³-hybridized carbons (Fsp3) is 0.200. The molecule has 0 saturated carbocycles. The van der Waals surface area contributed by atoms with E-state index in [1.54, 1.807) is 12.1 Å². The first kappa shape index (κ1) is 26.4. The summed E-state index contributed by atoms with van der Waals surface area (Å²) in [5.74, 6) is 0.0337. The number of rotatable bonds is 10.